The van der Waals surface area contributed by atoms with E-state index in [1.54, 1.807) is 0 Å². The summed E-state index contributed by atoms with van der Waals surface area (Å²) < 4.78 is 0. The highest BCUT2D eigenvalue weighted by Gasteiger charge is 2.46. The fourth-order valence-corrected chi connectivity index (χ4v) is 5.32. The zero-order chi connectivity index (χ0) is 17.1. The number of allylic oxidation sites excluding steroid dienone is 1. The molecule has 0 aliphatic heterocycles. The Hall–Kier alpha value is -1.24. The van der Waals surface area contributed by atoms with Crippen LogP contribution in [-0.4, -0.2) is 0 Å². The fourth-order valence-electron chi connectivity index (χ4n) is 4.97. The summed E-state index contributed by atoms with van der Waals surface area (Å²) in [4.78, 5) is 0. The van der Waals surface area contributed by atoms with Gasteiger partial charge in [0.1, 0.15) is 0 Å². The highest BCUT2D eigenvalue weighted by atomic mass is 35.5. The second-order valence-electron chi connectivity index (χ2n) is 7.78. The van der Waals surface area contributed by atoms with E-state index in [9.17, 15) is 0 Å². The third-order valence-electron chi connectivity index (χ3n) is 6.05. The molecule has 2 aromatic rings. The Morgan fingerprint density at radius 3 is 2.42 bits per heavy atom. The normalized spacial score (nSPS) is 28.6. The van der Waals surface area contributed by atoms with Gasteiger partial charge in [-0.3, -0.25) is 0 Å². The summed E-state index contributed by atoms with van der Waals surface area (Å²) in [5.41, 5.74) is 6.63. The number of rotatable bonds is 1. The van der Waals surface area contributed by atoms with Crippen LogP contribution in [0, 0.1) is 11.8 Å². The van der Waals surface area contributed by atoms with E-state index < -0.39 is 0 Å². The second-order valence-corrected chi connectivity index (χ2v) is 8.65. The summed E-state index contributed by atoms with van der Waals surface area (Å²) in [5.74, 6) is 1.24. The van der Waals surface area contributed by atoms with Crippen molar-refractivity contribution >= 4 is 23.2 Å². The van der Waals surface area contributed by atoms with E-state index in [0.29, 0.717) is 11.8 Å². The Balaban J connectivity index is 1.95. The molecule has 0 nitrogen and oxygen atoms in total. The Labute approximate surface area is 154 Å². The van der Waals surface area contributed by atoms with Crippen LogP contribution in [0.5, 0.6) is 0 Å². The Kier molecular flexibility index (Phi) is 3.82. The molecule has 0 aromatic heterocycles. The number of hydrogen-bond acceptors (Lipinski definition) is 0. The van der Waals surface area contributed by atoms with Crippen LogP contribution >= 0.6 is 23.2 Å². The molecule has 3 unspecified atom stereocenters. The molecular formula is C22H22Cl2. The summed E-state index contributed by atoms with van der Waals surface area (Å²) >= 11 is 12.7. The molecule has 2 aromatic carbocycles. The molecular weight excluding hydrogens is 335 g/mol. The summed E-state index contributed by atoms with van der Waals surface area (Å²) in [5, 5.41) is 1.60. The predicted octanol–water partition coefficient (Wildman–Crippen LogP) is 7.27. The van der Waals surface area contributed by atoms with Crippen molar-refractivity contribution in [1.82, 2.24) is 0 Å². The van der Waals surface area contributed by atoms with Gasteiger partial charge in [0.25, 0.3) is 0 Å². The average molecular weight is 357 g/mol. The smallest absolute Gasteiger partial charge is 0.0412 e. The molecule has 124 valence electrons. The molecule has 0 radical (unpaired) electrons. The van der Waals surface area contributed by atoms with Crippen molar-refractivity contribution in [3.8, 4) is 11.1 Å². The monoisotopic (exact) mass is 356 g/mol. The van der Waals surface area contributed by atoms with Crippen molar-refractivity contribution < 1.29 is 0 Å². The predicted molar refractivity (Wildman–Crippen MR) is 104 cm³/mol. The minimum atomic E-state index is -0.0300. The number of fused-ring (bicyclic) bond motifs is 3. The first-order valence-corrected chi connectivity index (χ1v) is 9.42. The van der Waals surface area contributed by atoms with Crippen LogP contribution in [0.25, 0.3) is 11.1 Å². The molecule has 2 aliphatic rings. The average Bonchev–Trinajstić information content (AvgIpc) is 2.76. The zero-order valence-electron chi connectivity index (χ0n) is 14.2. The summed E-state index contributed by atoms with van der Waals surface area (Å²) in [7, 11) is 0. The molecule has 2 aliphatic carbocycles. The van der Waals surface area contributed by atoms with Crippen LogP contribution in [0.15, 0.2) is 48.6 Å². The lowest BCUT2D eigenvalue weighted by Gasteiger charge is -2.41. The van der Waals surface area contributed by atoms with E-state index >= 15 is 0 Å². The molecule has 0 heterocycles. The van der Waals surface area contributed by atoms with E-state index in [4.69, 9.17) is 23.2 Å². The highest BCUT2D eigenvalue weighted by molar-refractivity contribution is 6.31. The Morgan fingerprint density at radius 1 is 0.958 bits per heavy atom. The number of halogens is 2. The highest BCUT2D eigenvalue weighted by Crippen LogP contribution is 2.57. The van der Waals surface area contributed by atoms with Crippen LogP contribution in [0.1, 0.15) is 44.2 Å². The Bertz CT molecular complexity index is 836. The van der Waals surface area contributed by atoms with Crippen molar-refractivity contribution in [3.05, 3.63) is 69.7 Å². The summed E-state index contributed by atoms with van der Waals surface area (Å²) in [6, 6.07) is 12.6. The van der Waals surface area contributed by atoms with Crippen LogP contribution in [0.4, 0.5) is 0 Å². The molecule has 0 N–H and O–H groups in total. The minimum Gasteiger partial charge on any atom is -0.0998 e. The number of benzene rings is 2. The van der Waals surface area contributed by atoms with Gasteiger partial charge in [0.15, 0.2) is 0 Å². The molecule has 24 heavy (non-hydrogen) atoms. The second kappa shape index (κ2) is 5.64. The summed E-state index contributed by atoms with van der Waals surface area (Å²) in [6.07, 6.45) is 3.47. The minimum absolute atomic E-state index is 0.0300. The van der Waals surface area contributed by atoms with Gasteiger partial charge in [0.2, 0.25) is 0 Å². The molecule has 0 saturated heterocycles. The molecule has 4 rings (SSSR count). The van der Waals surface area contributed by atoms with Crippen molar-refractivity contribution in [2.45, 2.75) is 38.5 Å². The van der Waals surface area contributed by atoms with Gasteiger partial charge in [-0.15, -0.1) is 0 Å². The van der Waals surface area contributed by atoms with Gasteiger partial charge in [-0.05, 0) is 77.6 Å². The van der Waals surface area contributed by atoms with Gasteiger partial charge >= 0.3 is 0 Å². The third-order valence-corrected chi connectivity index (χ3v) is 6.52. The lowest BCUT2D eigenvalue weighted by atomic mass is 9.62. The maximum Gasteiger partial charge on any atom is 0.0412 e. The SMILES string of the molecule is C=C1CC(C)CC(C2(C)c3ccc(Cl)cc3-c3ccc(Cl)cc32)C1. The van der Waals surface area contributed by atoms with Crippen molar-refractivity contribution in [2.75, 3.05) is 0 Å². The van der Waals surface area contributed by atoms with Crippen LogP contribution in [0.2, 0.25) is 10.0 Å². The first-order chi connectivity index (χ1) is 11.4. The van der Waals surface area contributed by atoms with Gasteiger partial charge in [-0.1, -0.05) is 61.3 Å². The van der Waals surface area contributed by atoms with E-state index in [1.165, 1.54) is 34.2 Å². The third kappa shape index (κ3) is 2.35. The Morgan fingerprint density at radius 2 is 1.67 bits per heavy atom. The van der Waals surface area contributed by atoms with E-state index in [0.717, 1.165) is 22.9 Å². The fraction of sp³-hybridized carbons (Fsp3) is 0.364. The van der Waals surface area contributed by atoms with Gasteiger partial charge in [-0.25, -0.2) is 0 Å². The topological polar surface area (TPSA) is 0 Å². The molecule has 0 amide bonds. The van der Waals surface area contributed by atoms with Gasteiger partial charge in [-0.2, -0.15) is 0 Å². The first-order valence-electron chi connectivity index (χ1n) is 8.66. The quantitative estimate of drug-likeness (QED) is 0.471. The summed E-state index contributed by atoms with van der Waals surface area (Å²) in [6.45, 7) is 9.05. The van der Waals surface area contributed by atoms with E-state index in [1.807, 2.05) is 12.1 Å². The van der Waals surface area contributed by atoms with Crippen molar-refractivity contribution in [3.63, 3.8) is 0 Å². The first kappa shape index (κ1) is 16.2. The van der Waals surface area contributed by atoms with Gasteiger partial charge in [0, 0.05) is 15.5 Å². The zero-order valence-corrected chi connectivity index (χ0v) is 15.7. The molecule has 1 fully saturated rings. The lowest BCUT2D eigenvalue weighted by Crippen LogP contribution is -2.35. The molecule has 2 heteroatoms. The van der Waals surface area contributed by atoms with Crippen LogP contribution in [-0.2, 0) is 5.41 Å². The van der Waals surface area contributed by atoms with Gasteiger partial charge < -0.3 is 0 Å². The maximum atomic E-state index is 6.38. The molecule has 1 saturated carbocycles. The van der Waals surface area contributed by atoms with E-state index in [2.05, 4.69) is 44.7 Å². The molecule has 0 spiro atoms. The van der Waals surface area contributed by atoms with E-state index in [-0.39, 0.29) is 5.41 Å². The standard InChI is InChI=1S/C22H22Cl2/c1-13-8-14(2)10-15(9-13)22(3)20-7-5-16(23)11-19(20)18-6-4-17(24)12-21(18)22/h4-7,11-12,14-15H,1,8-10H2,2-3H3. The van der Waals surface area contributed by atoms with Gasteiger partial charge in [0.05, 0.1) is 0 Å². The molecule has 0 bridgehead atoms. The van der Waals surface area contributed by atoms with Crippen molar-refractivity contribution in [1.29, 1.82) is 0 Å². The largest absolute Gasteiger partial charge is 0.0998 e. The van der Waals surface area contributed by atoms with Crippen LogP contribution in [0.3, 0.4) is 0 Å². The number of hydrogen-bond donors (Lipinski definition) is 0. The lowest BCUT2D eigenvalue weighted by molar-refractivity contribution is 0.249. The maximum absolute atomic E-state index is 6.38. The van der Waals surface area contributed by atoms with Crippen molar-refractivity contribution in [2.24, 2.45) is 11.8 Å². The molecule has 3 atom stereocenters. The van der Waals surface area contributed by atoms with Crippen LogP contribution < -0.4 is 0 Å².